The summed E-state index contributed by atoms with van der Waals surface area (Å²) in [5.41, 5.74) is 4.92. The molecule has 1 unspecified atom stereocenters. The van der Waals surface area contributed by atoms with Gasteiger partial charge in [-0.2, -0.15) is 0 Å². The third-order valence-electron chi connectivity index (χ3n) is 6.36. The Morgan fingerprint density at radius 3 is 2.47 bits per heavy atom. The van der Waals surface area contributed by atoms with Crippen LogP contribution in [0.3, 0.4) is 0 Å². The van der Waals surface area contributed by atoms with Crippen LogP contribution in [0.2, 0.25) is 0 Å². The first-order valence-corrected chi connectivity index (χ1v) is 12.2. The first-order chi connectivity index (χ1) is 17.0. The molecule has 3 rings (SSSR count). The molecule has 5 nitrogen and oxygen atoms in total. The lowest BCUT2D eigenvalue weighted by Crippen LogP contribution is -2.46. The molecule has 0 fully saturated rings. The van der Waals surface area contributed by atoms with Crippen molar-refractivity contribution < 1.29 is 24.1 Å². The summed E-state index contributed by atoms with van der Waals surface area (Å²) in [6, 6.07) is 18.4. The number of benzene rings is 3. The molecule has 3 aromatic carbocycles. The third-order valence-corrected chi connectivity index (χ3v) is 6.36. The van der Waals surface area contributed by atoms with E-state index >= 15 is 0 Å². The number of carbonyl (C=O) groups is 1. The van der Waals surface area contributed by atoms with Gasteiger partial charge in [-0.1, -0.05) is 48.5 Å². The van der Waals surface area contributed by atoms with Crippen LogP contribution in [-0.4, -0.2) is 41.0 Å². The largest absolute Gasteiger partial charge is 0.478 e. The summed E-state index contributed by atoms with van der Waals surface area (Å²) in [4.78, 5) is 11.4. The molecule has 6 heteroatoms. The molecule has 0 saturated heterocycles. The Labute approximate surface area is 213 Å². The fourth-order valence-electron chi connectivity index (χ4n) is 4.32. The zero-order chi connectivity index (χ0) is 26.5. The number of aliphatic hydroxyl groups is 1. The summed E-state index contributed by atoms with van der Waals surface area (Å²) >= 11 is 0. The number of aromatic carboxylic acids is 1. The van der Waals surface area contributed by atoms with Gasteiger partial charge in [0.2, 0.25) is 0 Å². The Morgan fingerprint density at radius 1 is 1.08 bits per heavy atom. The van der Waals surface area contributed by atoms with Crippen LogP contribution in [0.4, 0.5) is 4.39 Å². The van der Waals surface area contributed by atoms with Crippen LogP contribution in [0.15, 0.2) is 60.7 Å². The van der Waals surface area contributed by atoms with Crippen LogP contribution in [0, 0.1) is 19.7 Å². The van der Waals surface area contributed by atoms with Crippen molar-refractivity contribution in [1.82, 2.24) is 5.32 Å². The molecule has 0 amide bonds. The smallest absolute Gasteiger partial charge is 0.335 e. The van der Waals surface area contributed by atoms with E-state index in [-0.39, 0.29) is 24.1 Å². The van der Waals surface area contributed by atoms with Gasteiger partial charge >= 0.3 is 5.97 Å². The third kappa shape index (κ3) is 7.23. The zero-order valence-electron chi connectivity index (χ0n) is 21.6. The van der Waals surface area contributed by atoms with E-state index in [4.69, 9.17) is 4.74 Å². The van der Waals surface area contributed by atoms with Crippen LogP contribution in [0.5, 0.6) is 0 Å². The number of nitrogens with one attached hydrogen (secondary N) is 1. The molecule has 0 aliphatic rings. The van der Waals surface area contributed by atoms with Gasteiger partial charge in [-0.15, -0.1) is 0 Å². The van der Waals surface area contributed by atoms with E-state index < -0.39 is 17.6 Å². The first kappa shape index (κ1) is 27.5. The Morgan fingerprint density at radius 2 is 1.81 bits per heavy atom. The Hall–Kier alpha value is -3.06. The highest BCUT2D eigenvalue weighted by Gasteiger charge is 2.22. The molecular formula is C30H36FNO4. The van der Waals surface area contributed by atoms with Gasteiger partial charge in [0.15, 0.2) is 0 Å². The molecule has 36 heavy (non-hydrogen) atoms. The maximum atomic E-state index is 14.3. The van der Waals surface area contributed by atoms with Gasteiger partial charge in [0, 0.05) is 12.1 Å². The van der Waals surface area contributed by atoms with Gasteiger partial charge in [0.1, 0.15) is 5.82 Å². The Kier molecular flexibility index (Phi) is 9.01. The quantitative estimate of drug-likeness (QED) is 0.312. The highest BCUT2D eigenvalue weighted by Crippen LogP contribution is 2.31. The minimum atomic E-state index is -0.946. The highest BCUT2D eigenvalue weighted by molar-refractivity contribution is 5.90. The van der Waals surface area contributed by atoms with Crippen molar-refractivity contribution in [3.8, 4) is 11.1 Å². The first-order valence-electron chi connectivity index (χ1n) is 12.2. The number of β-amino-alcohol motifs (C(OH)–C–C–N with tert-alkyl or cyclic N) is 1. The van der Waals surface area contributed by atoms with Gasteiger partial charge in [-0.05, 0) is 86.6 Å². The molecule has 0 saturated carbocycles. The van der Waals surface area contributed by atoms with Crippen LogP contribution in [0.25, 0.3) is 11.1 Å². The highest BCUT2D eigenvalue weighted by atomic mass is 19.1. The van der Waals surface area contributed by atoms with Gasteiger partial charge in [-0.3, -0.25) is 0 Å². The van der Waals surface area contributed by atoms with Crippen molar-refractivity contribution in [2.24, 2.45) is 0 Å². The summed E-state index contributed by atoms with van der Waals surface area (Å²) in [5.74, 6) is -1.16. The van der Waals surface area contributed by atoms with E-state index in [9.17, 15) is 19.4 Å². The van der Waals surface area contributed by atoms with Crippen LogP contribution < -0.4 is 5.32 Å². The minimum absolute atomic E-state index is 0.133. The lowest BCUT2D eigenvalue weighted by Gasteiger charge is -2.28. The van der Waals surface area contributed by atoms with Crippen molar-refractivity contribution in [3.05, 3.63) is 94.3 Å². The van der Waals surface area contributed by atoms with Crippen molar-refractivity contribution >= 4 is 5.97 Å². The van der Waals surface area contributed by atoms with Gasteiger partial charge in [-0.25, -0.2) is 9.18 Å². The summed E-state index contributed by atoms with van der Waals surface area (Å²) in [6.07, 6.45) is -0.528. The van der Waals surface area contributed by atoms with Crippen molar-refractivity contribution in [1.29, 1.82) is 0 Å². The van der Waals surface area contributed by atoms with Crippen LogP contribution in [0.1, 0.15) is 59.5 Å². The second-order valence-corrected chi connectivity index (χ2v) is 10.1. The predicted molar refractivity (Wildman–Crippen MR) is 141 cm³/mol. The molecule has 0 spiro atoms. The summed E-state index contributed by atoms with van der Waals surface area (Å²) < 4.78 is 20.3. The van der Waals surface area contributed by atoms with Gasteiger partial charge in [0.05, 0.1) is 24.4 Å². The second-order valence-electron chi connectivity index (χ2n) is 10.1. The monoisotopic (exact) mass is 493 g/mol. The molecule has 192 valence electrons. The van der Waals surface area contributed by atoms with E-state index in [1.54, 1.807) is 19.1 Å². The lowest BCUT2D eigenvalue weighted by molar-refractivity contribution is -0.00398. The Bertz CT molecular complexity index is 1210. The fraction of sp³-hybridized carbons (Fsp3) is 0.367. The molecule has 0 aromatic heterocycles. The number of aliphatic hydroxyl groups excluding tert-OH is 1. The second kappa shape index (κ2) is 11.8. The topological polar surface area (TPSA) is 78.8 Å². The Balaban J connectivity index is 1.59. The SMILES string of the molecule is Cc1ccc(CC(C)(C)NC[C@@H](O)COC(C)c2ccccc2-c2ccc(C(=O)O)c(C)c2)c(F)c1. The number of ether oxygens (including phenoxy) is 1. The standard InChI is InChI=1S/C30H36FNO4/c1-19-10-11-23(28(31)14-19)16-30(4,5)32-17-24(33)18-36-21(3)26-8-6-7-9-27(26)22-12-13-25(29(34)35)20(2)15-22/h6-15,21,24,32-33H,16-18H2,1-5H3,(H,34,35)/t21?,24-/m1/s1. The fourth-order valence-corrected chi connectivity index (χ4v) is 4.32. The molecule has 0 heterocycles. The molecule has 0 aliphatic heterocycles. The van der Waals surface area contributed by atoms with E-state index in [1.165, 1.54) is 6.07 Å². The molecule has 3 N–H and O–H groups in total. The van der Waals surface area contributed by atoms with Crippen LogP contribution in [-0.2, 0) is 11.2 Å². The molecule has 0 bridgehead atoms. The minimum Gasteiger partial charge on any atom is -0.478 e. The van der Waals surface area contributed by atoms with Crippen LogP contribution >= 0.6 is 0 Å². The normalized spacial score (nSPS) is 13.4. The number of rotatable bonds is 11. The molecule has 0 aliphatic carbocycles. The average Bonchev–Trinajstić information content (AvgIpc) is 2.82. The van der Waals surface area contributed by atoms with Gasteiger partial charge in [0.25, 0.3) is 0 Å². The number of aryl methyl sites for hydroxylation is 2. The lowest BCUT2D eigenvalue weighted by atomic mass is 9.93. The van der Waals surface area contributed by atoms with E-state index in [2.05, 4.69) is 5.32 Å². The predicted octanol–water partition coefficient (Wildman–Crippen LogP) is 5.86. The van der Waals surface area contributed by atoms with Gasteiger partial charge < -0.3 is 20.3 Å². The van der Waals surface area contributed by atoms with E-state index in [0.717, 1.165) is 22.3 Å². The van der Waals surface area contributed by atoms with Crippen molar-refractivity contribution in [2.45, 2.75) is 58.8 Å². The van der Waals surface area contributed by atoms with E-state index in [0.29, 0.717) is 24.1 Å². The summed E-state index contributed by atoms with van der Waals surface area (Å²) in [5, 5.41) is 23.2. The summed E-state index contributed by atoms with van der Waals surface area (Å²) in [6.45, 7) is 9.99. The van der Waals surface area contributed by atoms with Crippen molar-refractivity contribution in [3.63, 3.8) is 0 Å². The number of hydrogen-bond donors (Lipinski definition) is 3. The molecule has 2 atom stereocenters. The number of hydrogen-bond acceptors (Lipinski definition) is 4. The van der Waals surface area contributed by atoms with E-state index in [1.807, 2.05) is 70.2 Å². The zero-order valence-corrected chi connectivity index (χ0v) is 21.6. The maximum Gasteiger partial charge on any atom is 0.335 e. The molecule has 3 aromatic rings. The molecule has 0 radical (unpaired) electrons. The molecular weight excluding hydrogens is 457 g/mol. The number of halogens is 1. The maximum absolute atomic E-state index is 14.3. The average molecular weight is 494 g/mol. The summed E-state index contributed by atoms with van der Waals surface area (Å²) in [7, 11) is 0. The number of carboxylic acids is 1. The van der Waals surface area contributed by atoms with Crippen molar-refractivity contribution in [2.75, 3.05) is 13.2 Å². The number of carboxylic acid groups (broad SMARTS) is 1.